The van der Waals surface area contributed by atoms with Gasteiger partial charge in [0.1, 0.15) is 5.70 Å². The Labute approximate surface area is 183 Å². The van der Waals surface area contributed by atoms with E-state index < -0.39 is 0 Å². The summed E-state index contributed by atoms with van der Waals surface area (Å²) in [5, 5.41) is 3.21. The van der Waals surface area contributed by atoms with Gasteiger partial charge in [0.25, 0.3) is 11.8 Å². The molecule has 0 saturated carbocycles. The number of aryl methyl sites for hydroxylation is 1. The second kappa shape index (κ2) is 7.88. The lowest BCUT2D eigenvalue weighted by Gasteiger charge is -2.21. The maximum atomic E-state index is 13.5. The fraction of sp³-hybridized carbons (Fsp3) is 0.185. The van der Waals surface area contributed by atoms with Crippen molar-refractivity contribution in [1.82, 2.24) is 0 Å². The number of nitrogens with zero attached hydrogens (tertiary/aromatic N) is 1. The molecule has 0 atom stereocenters. The van der Waals surface area contributed by atoms with Gasteiger partial charge in [0.15, 0.2) is 0 Å². The van der Waals surface area contributed by atoms with E-state index in [2.05, 4.69) is 26.1 Å². The van der Waals surface area contributed by atoms with E-state index in [1.165, 1.54) is 4.90 Å². The number of hydrogen-bond acceptors (Lipinski definition) is 3. The monoisotopic (exact) mass is 410 g/mol. The molecule has 156 valence electrons. The number of carbonyl (C=O) groups excluding carboxylic acids is 2. The molecular weight excluding hydrogens is 384 g/mol. The molecule has 1 aliphatic rings. The third-order valence-electron chi connectivity index (χ3n) is 5.43. The van der Waals surface area contributed by atoms with Gasteiger partial charge in [-0.15, -0.1) is 0 Å². The van der Waals surface area contributed by atoms with Crippen molar-refractivity contribution < 1.29 is 9.59 Å². The highest BCUT2D eigenvalue weighted by molar-refractivity contribution is 6.46. The van der Waals surface area contributed by atoms with Crippen LogP contribution < -0.4 is 10.2 Å². The van der Waals surface area contributed by atoms with Crippen molar-refractivity contribution in [3.8, 4) is 0 Å². The molecule has 0 fully saturated rings. The first kappa shape index (κ1) is 20.6. The van der Waals surface area contributed by atoms with Gasteiger partial charge in [-0.05, 0) is 53.3 Å². The molecule has 0 aromatic heterocycles. The number of rotatable bonds is 4. The summed E-state index contributed by atoms with van der Waals surface area (Å²) in [6, 6.07) is 24.7. The van der Waals surface area contributed by atoms with E-state index in [-0.39, 0.29) is 17.2 Å². The first-order valence-electron chi connectivity index (χ1n) is 10.4. The number of imide groups is 1. The van der Waals surface area contributed by atoms with Gasteiger partial charge >= 0.3 is 0 Å². The van der Waals surface area contributed by atoms with Gasteiger partial charge in [0.2, 0.25) is 0 Å². The fourth-order valence-corrected chi connectivity index (χ4v) is 3.73. The number of benzene rings is 3. The Morgan fingerprint density at radius 1 is 0.774 bits per heavy atom. The van der Waals surface area contributed by atoms with Crippen molar-refractivity contribution in [2.24, 2.45) is 0 Å². The van der Waals surface area contributed by atoms with Crippen LogP contribution in [0, 0.1) is 6.92 Å². The molecule has 0 aliphatic carbocycles. The summed E-state index contributed by atoms with van der Waals surface area (Å²) in [5.74, 6) is -0.677. The van der Waals surface area contributed by atoms with E-state index in [0.717, 1.165) is 16.8 Å². The summed E-state index contributed by atoms with van der Waals surface area (Å²) in [7, 11) is 0. The molecule has 4 nitrogen and oxygen atoms in total. The highest BCUT2D eigenvalue weighted by Crippen LogP contribution is 2.34. The van der Waals surface area contributed by atoms with Crippen LogP contribution in [-0.4, -0.2) is 11.8 Å². The number of nitrogens with one attached hydrogen (secondary N) is 1. The van der Waals surface area contributed by atoms with Crippen molar-refractivity contribution >= 4 is 28.8 Å². The largest absolute Gasteiger partial charge is 0.350 e. The highest BCUT2D eigenvalue weighted by Gasteiger charge is 2.40. The summed E-state index contributed by atoms with van der Waals surface area (Å²) < 4.78 is 0. The highest BCUT2D eigenvalue weighted by atomic mass is 16.2. The summed E-state index contributed by atoms with van der Waals surface area (Å²) in [4.78, 5) is 28.2. The van der Waals surface area contributed by atoms with E-state index >= 15 is 0 Å². The quantitative estimate of drug-likeness (QED) is 0.562. The van der Waals surface area contributed by atoms with E-state index in [9.17, 15) is 9.59 Å². The van der Waals surface area contributed by atoms with Crippen LogP contribution in [0.1, 0.15) is 37.5 Å². The maximum Gasteiger partial charge on any atom is 0.282 e. The number of amides is 2. The van der Waals surface area contributed by atoms with Crippen molar-refractivity contribution in [3.05, 3.63) is 101 Å². The Hall–Kier alpha value is -3.66. The van der Waals surface area contributed by atoms with E-state index in [1.807, 2.05) is 85.8 Å². The third-order valence-corrected chi connectivity index (χ3v) is 5.43. The van der Waals surface area contributed by atoms with E-state index in [0.29, 0.717) is 22.5 Å². The van der Waals surface area contributed by atoms with Crippen LogP contribution in [0.25, 0.3) is 5.57 Å². The lowest BCUT2D eigenvalue weighted by Crippen LogP contribution is -2.32. The topological polar surface area (TPSA) is 49.4 Å². The Morgan fingerprint density at radius 2 is 1.45 bits per heavy atom. The first-order chi connectivity index (χ1) is 14.8. The van der Waals surface area contributed by atoms with E-state index in [1.54, 1.807) is 0 Å². The molecule has 1 aliphatic heterocycles. The molecule has 1 heterocycles. The van der Waals surface area contributed by atoms with Crippen LogP contribution in [0.4, 0.5) is 11.4 Å². The normalized spacial score (nSPS) is 14.4. The minimum absolute atomic E-state index is 0.0110. The molecule has 3 aromatic rings. The average Bonchev–Trinajstić information content (AvgIpc) is 2.98. The molecule has 4 heteroatoms. The summed E-state index contributed by atoms with van der Waals surface area (Å²) >= 11 is 0. The molecule has 1 N–H and O–H groups in total. The first-order valence-corrected chi connectivity index (χ1v) is 10.4. The SMILES string of the molecule is Cc1cccc(NC2=C(c3ccccc3)C(=O)N(c3ccc(C(C)(C)C)cc3)C2=O)c1. The van der Waals surface area contributed by atoms with Crippen molar-refractivity contribution in [3.63, 3.8) is 0 Å². The maximum absolute atomic E-state index is 13.5. The van der Waals surface area contributed by atoms with Crippen molar-refractivity contribution in [1.29, 1.82) is 0 Å². The average molecular weight is 411 g/mol. The number of carbonyl (C=O) groups is 2. The zero-order chi connectivity index (χ0) is 22.2. The molecule has 3 aromatic carbocycles. The molecular formula is C27H26N2O2. The molecule has 0 unspecified atom stereocenters. The Morgan fingerprint density at radius 3 is 2.06 bits per heavy atom. The lowest BCUT2D eigenvalue weighted by molar-refractivity contribution is -0.120. The van der Waals surface area contributed by atoms with E-state index in [4.69, 9.17) is 0 Å². The van der Waals surface area contributed by atoms with Crippen molar-refractivity contribution in [2.75, 3.05) is 10.2 Å². The van der Waals surface area contributed by atoms with Crippen LogP contribution in [0.2, 0.25) is 0 Å². The van der Waals surface area contributed by atoms with Crippen LogP contribution in [0.5, 0.6) is 0 Å². The Bertz CT molecular complexity index is 1170. The van der Waals surface area contributed by atoms with Crippen molar-refractivity contribution in [2.45, 2.75) is 33.1 Å². The molecule has 0 bridgehead atoms. The predicted molar refractivity (Wildman–Crippen MR) is 126 cm³/mol. The predicted octanol–water partition coefficient (Wildman–Crippen LogP) is 5.69. The van der Waals surface area contributed by atoms with Crippen LogP contribution in [0.3, 0.4) is 0 Å². The molecule has 0 saturated heterocycles. The second-order valence-electron chi connectivity index (χ2n) is 8.85. The van der Waals surface area contributed by atoms with Gasteiger partial charge < -0.3 is 5.32 Å². The smallest absolute Gasteiger partial charge is 0.282 e. The summed E-state index contributed by atoms with van der Waals surface area (Å²) in [6.45, 7) is 8.38. The fourth-order valence-electron chi connectivity index (χ4n) is 3.73. The molecule has 2 amide bonds. The Balaban J connectivity index is 1.77. The summed E-state index contributed by atoms with van der Waals surface area (Å²) in [5.41, 5.74) is 4.93. The number of anilines is 2. The zero-order valence-electron chi connectivity index (χ0n) is 18.3. The molecule has 0 radical (unpaired) electrons. The number of hydrogen-bond donors (Lipinski definition) is 1. The second-order valence-corrected chi connectivity index (χ2v) is 8.85. The van der Waals surface area contributed by atoms with Gasteiger partial charge in [0.05, 0.1) is 11.3 Å². The summed E-state index contributed by atoms with van der Waals surface area (Å²) in [6.07, 6.45) is 0. The van der Waals surface area contributed by atoms with Crippen LogP contribution in [0.15, 0.2) is 84.6 Å². The standard InChI is InChI=1S/C27H26N2O2/c1-18-9-8-12-21(17-18)28-24-23(19-10-6-5-7-11-19)25(30)29(26(24)31)22-15-13-20(14-16-22)27(2,3)4/h5-17,28H,1-4H3. The van der Waals surface area contributed by atoms with Gasteiger partial charge in [0, 0.05) is 5.69 Å². The molecule has 31 heavy (non-hydrogen) atoms. The molecule has 0 spiro atoms. The molecule has 4 rings (SSSR count). The van der Waals surface area contributed by atoms with Crippen LogP contribution >= 0.6 is 0 Å². The van der Waals surface area contributed by atoms with Gasteiger partial charge in [-0.1, -0.05) is 75.4 Å². The lowest BCUT2D eigenvalue weighted by atomic mass is 9.87. The van der Waals surface area contributed by atoms with Gasteiger partial charge in [-0.3, -0.25) is 9.59 Å². The van der Waals surface area contributed by atoms with Gasteiger partial charge in [-0.2, -0.15) is 0 Å². The minimum Gasteiger partial charge on any atom is -0.350 e. The zero-order valence-corrected chi connectivity index (χ0v) is 18.3. The third kappa shape index (κ3) is 4.02. The minimum atomic E-state index is -0.353. The Kier molecular flexibility index (Phi) is 5.24. The van der Waals surface area contributed by atoms with Crippen LogP contribution in [-0.2, 0) is 15.0 Å². The van der Waals surface area contributed by atoms with Gasteiger partial charge in [-0.25, -0.2) is 4.90 Å².